The van der Waals surface area contributed by atoms with Crippen molar-refractivity contribution in [1.82, 2.24) is 5.32 Å². The van der Waals surface area contributed by atoms with Crippen molar-refractivity contribution in [3.05, 3.63) is 27.2 Å². The van der Waals surface area contributed by atoms with Crippen LogP contribution in [0.3, 0.4) is 0 Å². The van der Waals surface area contributed by atoms with Crippen molar-refractivity contribution in [2.45, 2.75) is 64.5 Å². The number of carbonyl (C=O) groups is 3. The van der Waals surface area contributed by atoms with Crippen LogP contribution in [0.1, 0.15) is 66.0 Å². The molecule has 1 saturated heterocycles. The van der Waals surface area contributed by atoms with Gasteiger partial charge in [-0.15, -0.1) is 11.3 Å². The lowest BCUT2D eigenvalue weighted by atomic mass is 10.0. The van der Waals surface area contributed by atoms with Gasteiger partial charge in [0, 0.05) is 44.5 Å². The molecule has 192 valence electrons. The zero-order chi connectivity index (χ0) is 25.7. The lowest BCUT2D eigenvalue weighted by molar-refractivity contribution is -0.117. The molecule has 3 heterocycles. The number of aliphatic imine (C=N–C) groups is 1. The van der Waals surface area contributed by atoms with E-state index in [0.29, 0.717) is 54.8 Å². The van der Waals surface area contributed by atoms with Crippen LogP contribution in [0.25, 0.3) is 0 Å². The van der Waals surface area contributed by atoms with Crippen LogP contribution in [-0.2, 0) is 9.53 Å². The molecular formula is C23H28ClF2N3O5S. The number of allylic oxidation sites excluding steroid dienone is 1. The smallest absolute Gasteiger partial charge is 0.346 e. The molecule has 2 N–H and O–H groups in total. The van der Waals surface area contributed by atoms with Crippen molar-refractivity contribution in [3.63, 3.8) is 0 Å². The average Bonchev–Trinajstić information content (AvgIpc) is 3.43. The molecule has 0 radical (unpaired) electrons. The lowest BCUT2D eigenvalue weighted by Gasteiger charge is -2.39. The molecule has 0 unspecified atom stereocenters. The summed E-state index contributed by atoms with van der Waals surface area (Å²) >= 11 is 7.03. The van der Waals surface area contributed by atoms with E-state index in [1.54, 1.807) is 0 Å². The number of ether oxygens (including phenoxy) is 1. The van der Waals surface area contributed by atoms with E-state index in [4.69, 9.17) is 16.3 Å². The highest BCUT2D eigenvalue weighted by Crippen LogP contribution is 2.34. The Balaban J connectivity index is 1.71. The van der Waals surface area contributed by atoms with E-state index in [1.165, 1.54) is 6.07 Å². The summed E-state index contributed by atoms with van der Waals surface area (Å²) in [5.41, 5.74) is 1.22. The number of anilines is 1. The number of hydrogen-bond donors (Lipinski definition) is 2. The number of halogens is 3. The summed E-state index contributed by atoms with van der Waals surface area (Å²) < 4.78 is 30.9. The van der Waals surface area contributed by atoms with E-state index >= 15 is 0 Å². The largest absolute Gasteiger partial charge is 0.477 e. The normalized spacial score (nSPS) is 20.4. The van der Waals surface area contributed by atoms with E-state index in [1.807, 2.05) is 18.7 Å². The Morgan fingerprint density at radius 3 is 2.71 bits per heavy atom. The highest BCUT2D eigenvalue weighted by Gasteiger charge is 2.34. The van der Waals surface area contributed by atoms with Gasteiger partial charge in [0.05, 0.1) is 17.1 Å². The van der Waals surface area contributed by atoms with Crippen molar-refractivity contribution >= 4 is 51.3 Å². The number of nitrogens with zero attached hydrogens (tertiary/aromatic N) is 2. The Bertz CT molecular complexity index is 1040. The second-order valence-electron chi connectivity index (χ2n) is 8.28. The zero-order valence-corrected chi connectivity index (χ0v) is 21.1. The maximum atomic E-state index is 12.8. The van der Waals surface area contributed by atoms with Gasteiger partial charge in [0.1, 0.15) is 15.7 Å². The molecule has 2 aliphatic rings. The van der Waals surface area contributed by atoms with Gasteiger partial charge in [-0.2, -0.15) is 0 Å². The first kappa shape index (κ1) is 27.2. The van der Waals surface area contributed by atoms with Gasteiger partial charge in [0.2, 0.25) is 6.43 Å². The maximum absolute atomic E-state index is 12.8. The van der Waals surface area contributed by atoms with Crippen LogP contribution < -0.4 is 10.2 Å². The summed E-state index contributed by atoms with van der Waals surface area (Å²) in [6.07, 6.45) is -2.43. The van der Waals surface area contributed by atoms with Crippen LogP contribution in [0, 0.1) is 0 Å². The first-order chi connectivity index (χ1) is 16.6. The van der Waals surface area contributed by atoms with Gasteiger partial charge in [-0.3, -0.25) is 9.59 Å². The van der Waals surface area contributed by atoms with Crippen LogP contribution in [0.5, 0.6) is 0 Å². The molecule has 1 aromatic heterocycles. The van der Waals surface area contributed by atoms with Gasteiger partial charge in [0.15, 0.2) is 5.78 Å². The number of carboxylic acid groups (broad SMARTS) is 1. The van der Waals surface area contributed by atoms with Crippen molar-refractivity contribution in [1.29, 1.82) is 0 Å². The zero-order valence-electron chi connectivity index (χ0n) is 19.5. The van der Waals surface area contributed by atoms with Gasteiger partial charge in [-0.25, -0.2) is 18.6 Å². The summed E-state index contributed by atoms with van der Waals surface area (Å²) in [5.74, 6) is -2.20. The molecular weight excluding hydrogens is 504 g/mol. The van der Waals surface area contributed by atoms with Gasteiger partial charge in [-0.1, -0.05) is 18.5 Å². The summed E-state index contributed by atoms with van der Waals surface area (Å²) in [6, 6.07) is 1.16. The third kappa shape index (κ3) is 6.65. The number of alkyl halides is 2. The number of thiophene rings is 1. The minimum Gasteiger partial charge on any atom is -0.477 e. The van der Waals surface area contributed by atoms with Gasteiger partial charge in [0.25, 0.3) is 5.91 Å². The standard InChI is InChI=1S/C23H28ClF2N3O5S/c1-3-12-9-15(27-21(12)24)22(31)28-14-7-8-29(11-17(14)34-4-2)19-10-13(20(35-19)23(32)33)16(30)5-6-18(25)26/h10,14,17-18H,3-9,11H2,1-2H3,(H,28,31)(H,32,33)/t14-,17+/m1/s1. The van der Waals surface area contributed by atoms with Crippen LogP contribution in [-0.4, -0.2) is 66.7 Å². The first-order valence-corrected chi connectivity index (χ1v) is 12.6. The first-order valence-electron chi connectivity index (χ1n) is 11.4. The molecule has 8 nitrogen and oxygen atoms in total. The molecule has 35 heavy (non-hydrogen) atoms. The molecule has 0 spiro atoms. The number of carboxylic acids is 1. The summed E-state index contributed by atoms with van der Waals surface area (Å²) in [6.45, 7) is 5.02. The number of hydrogen-bond acceptors (Lipinski definition) is 7. The van der Waals surface area contributed by atoms with E-state index in [-0.39, 0.29) is 28.5 Å². The van der Waals surface area contributed by atoms with Crippen molar-refractivity contribution in [2.24, 2.45) is 4.99 Å². The highest BCUT2D eigenvalue weighted by molar-refractivity contribution is 7.18. The number of Topliss-reactive ketones (excluding diaryl/α,β-unsaturated/α-hetero) is 1. The summed E-state index contributed by atoms with van der Waals surface area (Å²) in [4.78, 5) is 42.8. The van der Waals surface area contributed by atoms with Crippen molar-refractivity contribution < 1.29 is 33.0 Å². The predicted octanol–water partition coefficient (Wildman–Crippen LogP) is 4.48. The Morgan fingerprint density at radius 2 is 2.11 bits per heavy atom. The van der Waals surface area contributed by atoms with E-state index in [9.17, 15) is 28.3 Å². The molecule has 12 heteroatoms. The van der Waals surface area contributed by atoms with E-state index in [2.05, 4.69) is 10.3 Å². The van der Waals surface area contributed by atoms with Crippen molar-refractivity contribution in [2.75, 3.05) is 24.6 Å². The molecule has 0 bridgehead atoms. The van der Waals surface area contributed by atoms with Crippen LogP contribution in [0.4, 0.5) is 13.8 Å². The number of piperidine rings is 1. The Labute approximate surface area is 211 Å². The third-order valence-corrected chi connectivity index (χ3v) is 7.50. The minimum atomic E-state index is -2.64. The van der Waals surface area contributed by atoms with Gasteiger partial charge < -0.3 is 20.1 Å². The lowest BCUT2D eigenvalue weighted by Crippen LogP contribution is -2.56. The predicted molar refractivity (Wildman–Crippen MR) is 130 cm³/mol. The van der Waals surface area contributed by atoms with Crippen molar-refractivity contribution in [3.8, 4) is 0 Å². The number of amides is 1. The molecule has 1 fully saturated rings. The Morgan fingerprint density at radius 1 is 1.37 bits per heavy atom. The maximum Gasteiger partial charge on any atom is 0.346 e. The average molecular weight is 532 g/mol. The molecule has 2 aliphatic heterocycles. The molecule has 2 atom stereocenters. The highest BCUT2D eigenvalue weighted by atomic mass is 35.5. The van der Waals surface area contributed by atoms with Crippen LogP contribution >= 0.6 is 22.9 Å². The van der Waals surface area contributed by atoms with Gasteiger partial charge >= 0.3 is 5.97 Å². The fourth-order valence-electron chi connectivity index (χ4n) is 4.11. The van der Waals surface area contributed by atoms with Gasteiger partial charge in [-0.05, 0) is 31.4 Å². The topological polar surface area (TPSA) is 108 Å². The number of ketones is 1. The van der Waals surface area contributed by atoms with Crippen LogP contribution in [0.2, 0.25) is 0 Å². The number of nitrogens with one attached hydrogen (secondary N) is 1. The third-order valence-electron chi connectivity index (χ3n) is 5.97. The van der Waals surface area contributed by atoms with Crippen LogP contribution in [0.15, 0.2) is 21.8 Å². The molecule has 1 amide bonds. The molecule has 0 aliphatic carbocycles. The fourth-order valence-corrected chi connectivity index (χ4v) is 5.46. The molecule has 0 saturated carbocycles. The quantitative estimate of drug-likeness (QED) is 0.322. The Hall–Kier alpha value is -2.37. The van der Waals surface area contributed by atoms with E-state index in [0.717, 1.165) is 16.9 Å². The summed E-state index contributed by atoms with van der Waals surface area (Å²) in [5, 5.41) is 13.4. The minimum absolute atomic E-state index is 0.0584. The number of aromatic carboxylic acids is 1. The van der Waals surface area contributed by atoms with E-state index < -0.39 is 31.0 Å². The second kappa shape index (κ2) is 12.0. The monoisotopic (exact) mass is 531 g/mol. The molecule has 3 rings (SSSR count). The molecule has 0 aromatic carbocycles. The Kier molecular flexibility index (Phi) is 9.37. The molecule has 1 aromatic rings. The summed E-state index contributed by atoms with van der Waals surface area (Å²) in [7, 11) is 0. The SMILES string of the molecule is CCO[C@H]1CN(c2cc(C(=O)CCC(F)F)c(C(=O)O)s2)CC[C@H]1NC(=O)C1=NC(Cl)=C(CC)C1. The second-order valence-corrected chi connectivity index (χ2v) is 9.67. The number of rotatable bonds is 11. The fraction of sp³-hybridized carbons (Fsp3) is 0.565. The number of carbonyl (C=O) groups excluding carboxylic acids is 2.